The zero-order valence-electron chi connectivity index (χ0n) is 12.1. The zero-order chi connectivity index (χ0) is 14.4. The maximum absolute atomic E-state index is 12.4. The molecule has 3 nitrogen and oxygen atoms in total. The highest BCUT2D eigenvalue weighted by molar-refractivity contribution is 7.17. The van der Waals surface area contributed by atoms with Crippen LogP contribution in [0.4, 0.5) is 0 Å². The smallest absolute Gasteiger partial charge is 0.338 e. The average molecular weight is 301 g/mol. The van der Waals surface area contributed by atoms with E-state index in [1.54, 1.807) is 11.3 Å². The summed E-state index contributed by atoms with van der Waals surface area (Å²) in [6.45, 7) is 0. The van der Waals surface area contributed by atoms with Crippen molar-refractivity contribution in [2.45, 2.75) is 43.9 Å². The molecule has 2 bridgehead atoms. The van der Waals surface area contributed by atoms with E-state index in [1.165, 1.54) is 18.2 Å². The molecule has 0 saturated carbocycles. The van der Waals surface area contributed by atoms with Crippen molar-refractivity contribution in [3.05, 3.63) is 35.2 Å². The van der Waals surface area contributed by atoms with Gasteiger partial charge >= 0.3 is 5.97 Å². The van der Waals surface area contributed by atoms with Crippen molar-refractivity contribution in [2.75, 3.05) is 7.05 Å². The Hall–Kier alpha value is -1.39. The molecule has 0 aliphatic carbocycles. The van der Waals surface area contributed by atoms with Gasteiger partial charge in [0, 0.05) is 29.6 Å². The van der Waals surface area contributed by atoms with Crippen molar-refractivity contribution in [2.24, 2.45) is 0 Å². The molecule has 0 radical (unpaired) electrons. The molecule has 21 heavy (non-hydrogen) atoms. The van der Waals surface area contributed by atoms with Crippen molar-refractivity contribution in [1.29, 1.82) is 0 Å². The number of hydrogen-bond donors (Lipinski definition) is 0. The van der Waals surface area contributed by atoms with Gasteiger partial charge in [-0.1, -0.05) is 6.07 Å². The van der Waals surface area contributed by atoms with Gasteiger partial charge in [0.15, 0.2) is 0 Å². The van der Waals surface area contributed by atoms with Gasteiger partial charge in [0.2, 0.25) is 0 Å². The largest absolute Gasteiger partial charge is 0.459 e. The molecule has 2 aliphatic heterocycles. The van der Waals surface area contributed by atoms with Crippen molar-refractivity contribution < 1.29 is 9.53 Å². The van der Waals surface area contributed by atoms with Gasteiger partial charge in [-0.2, -0.15) is 0 Å². The Kier molecular flexibility index (Phi) is 3.23. The molecular formula is C17H19NO2S. The molecule has 0 spiro atoms. The van der Waals surface area contributed by atoms with Crippen LogP contribution in [0.2, 0.25) is 0 Å². The predicted octanol–water partition coefficient (Wildman–Crippen LogP) is 3.68. The van der Waals surface area contributed by atoms with E-state index in [4.69, 9.17) is 4.74 Å². The summed E-state index contributed by atoms with van der Waals surface area (Å²) in [6, 6.07) is 9.10. The van der Waals surface area contributed by atoms with Crippen LogP contribution in [-0.4, -0.2) is 36.1 Å². The number of carbonyl (C=O) groups excluding carboxylic acids is 1. The van der Waals surface area contributed by atoms with E-state index in [0.717, 1.165) is 17.5 Å². The minimum Gasteiger partial charge on any atom is -0.459 e. The van der Waals surface area contributed by atoms with E-state index >= 15 is 0 Å². The number of esters is 1. The summed E-state index contributed by atoms with van der Waals surface area (Å²) in [7, 11) is 2.20. The molecule has 1 aromatic carbocycles. The minimum absolute atomic E-state index is 0.0882. The third-order valence-corrected chi connectivity index (χ3v) is 5.90. The van der Waals surface area contributed by atoms with Gasteiger partial charge in [-0.05, 0) is 48.9 Å². The predicted molar refractivity (Wildman–Crippen MR) is 84.8 cm³/mol. The Morgan fingerprint density at radius 2 is 2.00 bits per heavy atom. The molecule has 2 fully saturated rings. The SMILES string of the molecule is CN1[C@@H]2CC[C@H]1CC(OC(=O)c1ccc3ccsc3c1)C2. The molecule has 0 amide bonds. The Morgan fingerprint density at radius 1 is 1.24 bits per heavy atom. The minimum atomic E-state index is -0.167. The molecule has 1 aromatic heterocycles. The second-order valence-corrected chi connectivity index (χ2v) is 7.17. The van der Waals surface area contributed by atoms with Gasteiger partial charge in [-0.25, -0.2) is 4.79 Å². The lowest BCUT2D eigenvalue weighted by molar-refractivity contribution is -0.000431. The topological polar surface area (TPSA) is 29.5 Å². The van der Waals surface area contributed by atoms with Crippen LogP contribution in [-0.2, 0) is 4.74 Å². The second-order valence-electron chi connectivity index (χ2n) is 6.22. The Balaban J connectivity index is 1.48. The normalized spacial score (nSPS) is 28.9. The summed E-state index contributed by atoms with van der Waals surface area (Å²) in [5.74, 6) is -0.167. The van der Waals surface area contributed by atoms with Crippen LogP contribution in [0.3, 0.4) is 0 Å². The van der Waals surface area contributed by atoms with E-state index < -0.39 is 0 Å². The number of benzene rings is 1. The Bertz CT molecular complexity index is 666. The van der Waals surface area contributed by atoms with Gasteiger partial charge in [-0.3, -0.25) is 0 Å². The number of hydrogen-bond acceptors (Lipinski definition) is 4. The van der Waals surface area contributed by atoms with Crippen molar-refractivity contribution in [1.82, 2.24) is 4.90 Å². The summed E-state index contributed by atoms with van der Waals surface area (Å²) < 4.78 is 6.92. The van der Waals surface area contributed by atoms with Gasteiger partial charge < -0.3 is 9.64 Å². The van der Waals surface area contributed by atoms with Crippen LogP contribution in [0, 0.1) is 0 Å². The standard InChI is InChI=1S/C17H19NO2S/c1-18-13-4-5-14(18)10-15(9-13)20-17(19)12-3-2-11-6-7-21-16(11)8-12/h2-3,6-8,13-15H,4-5,9-10H2,1H3/t13-,14+,15?. The fourth-order valence-electron chi connectivity index (χ4n) is 3.76. The number of nitrogens with zero attached hydrogens (tertiary/aromatic N) is 1. The lowest BCUT2D eigenvalue weighted by atomic mass is 10.0. The van der Waals surface area contributed by atoms with E-state index in [2.05, 4.69) is 23.4 Å². The molecule has 4 heteroatoms. The van der Waals surface area contributed by atoms with Crippen molar-refractivity contribution in [3.63, 3.8) is 0 Å². The molecule has 3 atom stereocenters. The average Bonchev–Trinajstić information content (AvgIpc) is 3.01. The fourth-order valence-corrected chi connectivity index (χ4v) is 4.59. The van der Waals surface area contributed by atoms with E-state index in [0.29, 0.717) is 17.6 Å². The van der Waals surface area contributed by atoms with Crippen LogP contribution in [0.25, 0.3) is 10.1 Å². The monoisotopic (exact) mass is 301 g/mol. The maximum Gasteiger partial charge on any atom is 0.338 e. The molecule has 1 unspecified atom stereocenters. The van der Waals surface area contributed by atoms with Gasteiger partial charge in [-0.15, -0.1) is 11.3 Å². The lowest BCUT2D eigenvalue weighted by Gasteiger charge is -2.35. The van der Waals surface area contributed by atoms with E-state index in [9.17, 15) is 4.79 Å². The zero-order valence-corrected chi connectivity index (χ0v) is 12.9. The third-order valence-electron chi connectivity index (χ3n) is 5.02. The van der Waals surface area contributed by atoms with E-state index in [1.807, 2.05) is 18.2 Å². The molecule has 2 saturated heterocycles. The van der Waals surface area contributed by atoms with Gasteiger partial charge in [0.1, 0.15) is 6.10 Å². The first-order valence-electron chi connectivity index (χ1n) is 7.61. The summed E-state index contributed by atoms with van der Waals surface area (Å²) in [4.78, 5) is 14.8. The highest BCUT2D eigenvalue weighted by atomic mass is 32.1. The van der Waals surface area contributed by atoms with Crippen LogP contribution < -0.4 is 0 Å². The molecule has 110 valence electrons. The Labute approximate surface area is 128 Å². The second kappa shape index (κ2) is 5.11. The first-order chi connectivity index (χ1) is 10.2. The first-order valence-corrected chi connectivity index (χ1v) is 8.49. The summed E-state index contributed by atoms with van der Waals surface area (Å²) in [5.41, 5.74) is 0.677. The summed E-state index contributed by atoms with van der Waals surface area (Å²) in [5, 5.41) is 3.24. The molecule has 3 heterocycles. The number of ether oxygens (including phenoxy) is 1. The molecule has 0 N–H and O–H groups in total. The molecule has 4 rings (SSSR count). The highest BCUT2D eigenvalue weighted by Crippen LogP contribution is 2.35. The maximum atomic E-state index is 12.4. The van der Waals surface area contributed by atoms with Crippen LogP contribution >= 0.6 is 11.3 Å². The van der Waals surface area contributed by atoms with Crippen LogP contribution in [0.5, 0.6) is 0 Å². The van der Waals surface area contributed by atoms with Crippen molar-refractivity contribution in [3.8, 4) is 0 Å². The third kappa shape index (κ3) is 2.36. The van der Waals surface area contributed by atoms with Gasteiger partial charge in [0.25, 0.3) is 0 Å². The molecule has 2 aliphatic rings. The lowest BCUT2D eigenvalue weighted by Crippen LogP contribution is -2.43. The highest BCUT2D eigenvalue weighted by Gasteiger charge is 2.39. The van der Waals surface area contributed by atoms with Gasteiger partial charge in [0.05, 0.1) is 5.56 Å². The number of thiophene rings is 1. The number of rotatable bonds is 2. The van der Waals surface area contributed by atoms with Crippen molar-refractivity contribution >= 4 is 27.4 Å². The number of carbonyl (C=O) groups is 1. The van der Waals surface area contributed by atoms with E-state index in [-0.39, 0.29) is 12.1 Å². The quantitative estimate of drug-likeness (QED) is 0.792. The number of piperidine rings is 1. The first kappa shape index (κ1) is 13.3. The fraction of sp³-hybridized carbons (Fsp3) is 0.471. The molecular weight excluding hydrogens is 282 g/mol. The van der Waals surface area contributed by atoms with Crippen LogP contribution in [0.1, 0.15) is 36.0 Å². The number of fused-ring (bicyclic) bond motifs is 3. The summed E-state index contributed by atoms with van der Waals surface area (Å²) in [6.07, 6.45) is 4.55. The van der Waals surface area contributed by atoms with Crippen LogP contribution in [0.15, 0.2) is 29.6 Å². The summed E-state index contributed by atoms with van der Waals surface area (Å²) >= 11 is 1.66. The Morgan fingerprint density at radius 3 is 2.76 bits per heavy atom. The molecule has 2 aromatic rings.